The number of halogens is 7. The monoisotopic (exact) mass is 653 g/mol. The van der Waals surface area contributed by atoms with Gasteiger partial charge in [0.25, 0.3) is 0 Å². The second kappa shape index (κ2) is 12.9. The number of nitrogens with zero attached hydrogens (tertiary/aromatic N) is 2. The van der Waals surface area contributed by atoms with Crippen molar-refractivity contribution >= 4 is 28.7 Å². The number of alkyl carbamates (subject to hydrolysis) is 1. The van der Waals surface area contributed by atoms with Gasteiger partial charge in [-0.05, 0) is 67.6 Å². The number of hydrogen-bond acceptors (Lipinski definition) is 5. The molecule has 0 bridgehead atoms. The Bertz CT molecular complexity index is 1380. The maximum absolute atomic E-state index is 13.8. The van der Waals surface area contributed by atoms with Crippen LogP contribution in [0.15, 0.2) is 47.4 Å². The minimum atomic E-state index is -5.60. The van der Waals surface area contributed by atoms with E-state index in [1.54, 1.807) is 6.92 Å². The molecular formula is C28H30F7N3O5S. The number of alkyl halides is 6. The van der Waals surface area contributed by atoms with Crippen molar-refractivity contribution in [3.05, 3.63) is 59.4 Å². The standard InChI is InChI=1S/C28H30F7N3O5S/c1-2-43-25(40)36-15-26(41)11-12-37(16-26)23(39)14-20-7-3-17-13-18(24(27(30,31)32)28(33,34)35)4-10-22(17)38(20)44(42)21-8-5-19(29)6-9-21/h4-6,8-10,13,20,24,41H,2-3,7,11-12,14-16H2,1H3,(H,36,40)/t20-,26?,44?/m0/s1. The number of benzene rings is 2. The number of aliphatic hydroxyl groups is 1. The Labute approximate surface area is 250 Å². The maximum atomic E-state index is 13.8. The fraction of sp³-hybridized carbons (Fsp3) is 0.500. The molecule has 1 saturated heterocycles. The van der Waals surface area contributed by atoms with Crippen LogP contribution in [-0.2, 0) is 26.9 Å². The number of carbonyl (C=O) groups is 2. The highest BCUT2D eigenvalue weighted by atomic mass is 32.2. The number of hydrogen-bond donors (Lipinski definition) is 2. The number of fused-ring (bicyclic) bond motifs is 1. The number of β-amino-alcohol motifs (C(OH)–C–C–N with tert-alkyl or cyclic N) is 1. The van der Waals surface area contributed by atoms with Crippen molar-refractivity contribution in [3.63, 3.8) is 0 Å². The third-order valence-electron chi connectivity index (χ3n) is 7.53. The molecule has 1 fully saturated rings. The average molecular weight is 654 g/mol. The van der Waals surface area contributed by atoms with Gasteiger partial charge in [0.05, 0.1) is 36.3 Å². The summed E-state index contributed by atoms with van der Waals surface area (Å²) in [6.45, 7) is 1.58. The zero-order valence-corrected chi connectivity index (χ0v) is 24.2. The molecule has 0 aliphatic carbocycles. The summed E-state index contributed by atoms with van der Waals surface area (Å²) < 4.78 is 114. The summed E-state index contributed by atoms with van der Waals surface area (Å²) in [5, 5.41) is 13.3. The van der Waals surface area contributed by atoms with Gasteiger partial charge in [0.15, 0.2) is 16.9 Å². The molecular weight excluding hydrogens is 623 g/mol. The molecule has 2 aliphatic heterocycles. The lowest BCUT2D eigenvalue weighted by Crippen LogP contribution is -2.47. The fourth-order valence-electron chi connectivity index (χ4n) is 5.44. The number of likely N-dealkylation sites (tertiary alicyclic amines) is 1. The Hall–Kier alpha value is -3.40. The molecule has 242 valence electrons. The molecule has 3 atom stereocenters. The molecule has 2 amide bonds. The molecule has 0 radical (unpaired) electrons. The Morgan fingerprint density at radius 2 is 1.77 bits per heavy atom. The first-order chi connectivity index (χ1) is 20.5. The van der Waals surface area contributed by atoms with Crippen LogP contribution in [0.3, 0.4) is 0 Å². The van der Waals surface area contributed by atoms with E-state index < -0.39 is 64.3 Å². The highest BCUT2D eigenvalue weighted by molar-refractivity contribution is 7.86. The fourth-order valence-corrected chi connectivity index (χ4v) is 6.84. The summed E-state index contributed by atoms with van der Waals surface area (Å²) in [7, 11) is -2.12. The van der Waals surface area contributed by atoms with Gasteiger partial charge in [0.2, 0.25) is 5.91 Å². The van der Waals surface area contributed by atoms with E-state index >= 15 is 0 Å². The minimum Gasteiger partial charge on any atom is -0.450 e. The van der Waals surface area contributed by atoms with E-state index in [-0.39, 0.29) is 68.1 Å². The van der Waals surface area contributed by atoms with Crippen molar-refractivity contribution in [1.29, 1.82) is 0 Å². The number of rotatable bonds is 8. The molecule has 2 N–H and O–H groups in total. The van der Waals surface area contributed by atoms with Gasteiger partial charge in [0.1, 0.15) is 11.4 Å². The highest BCUT2D eigenvalue weighted by Gasteiger charge is 2.57. The average Bonchev–Trinajstić information content (AvgIpc) is 3.33. The Kier molecular flexibility index (Phi) is 9.83. The highest BCUT2D eigenvalue weighted by Crippen LogP contribution is 2.48. The van der Waals surface area contributed by atoms with Crippen LogP contribution in [0, 0.1) is 5.82 Å². The summed E-state index contributed by atoms with van der Waals surface area (Å²) in [5.74, 6) is -4.79. The predicted octanol–water partition coefficient (Wildman–Crippen LogP) is 4.98. The predicted molar refractivity (Wildman–Crippen MR) is 144 cm³/mol. The van der Waals surface area contributed by atoms with E-state index in [4.69, 9.17) is 4.74 Å². The lowest BCUT2D eigenvalue weighted by Gasteiger charge is -2.38. The van der Waals surface area contributed by atoms with Gasteiger partial charge >= 0.3 is 18.4 Å². The smallest absolute Gasteiger partial charge is 0.407 e. The summed E-state index contributed by atoms with van der Waals surface area (Å²) in [4.78, 5) is 26.4. The van der Waals surface area contributed by atoms with Crippen molar-refractivity contribution in [2.45, 2.75) is 67.4 Å². The van der Waals surface area contributed by atoms with Crippen LogP contribution < -0.4 is 9.62 Å². The van der Waals surface area contributed by atoms with Gasteiger partial charge in [-0.1, -0.05) is 12.1 Å². The second-order valence-electron chi connectivity index (χ2n) is 10.7. The number of anilines is 1. The first kappa shape index (κ1) is 33.5. The minimum absolute atomic E-state index is 0.00588. The molecule has 0 spiro atoms. The molecule has 44 heavy (non-hydrogen) atoms. The van der Waals surface area contributed by atoms with E-state index in [1.165, 1.54) is 21.3 Å². The molecule has 0 saturated carbocycles. The number of ether oxygens (including phenoxy) is 1. The van der Waals surface area contributed by atoms with E-state index in [2.05, 4.69) is 5.32 Å². The van der Waals surface area contributed by atoms with Crippen LogP contribution >= 0.6 is 0 Å². The Morgan fingerprint density at radius 3 is 2.39 bits per heavy atom. The first-order valence-electron chi connectivity index (χ1n) is 13.7. The van der Waals surface area contributed by atoms with Crippen LogP contribution in [0.1, 0.15) is 43.2 Å². The topological polar surface area (TPSA) is 99.2 Å². The third kappa shape index (κ3) is 7.62. The third-order valence-corrected chi connectivity index (χ3v) is 9.06. The molecule has 2 heterocycles. The van der Waals surface area contributed by atoms with Crippen molar-refractivity contribution < 1.29 is 54.4 Å². The molecule has 16 heteroatoms. The summed E-state index contributed by atoms with van der Waals surface area (Å²) in [6, 6.07) is 6.26. The Morgan fingerprint density at radius 1 is 1.11 bits per heavy atom. The van der Waals surface area contributed by atoms with Crippen LogP contribution in [0.25, 0.3) is 0 Å². The summed E-state index contributed by atoms with van der Waals surface area (Å²) in [6.07, 6.45) is -12.0. The van der Waals surface area contributed by atoms with Gasteiger partial charge in [-0.3, -0.25) is 9.10 Å². The van der Waals surface area contributed by atoms with Crippen LogP contribution in [-0.4, -0.2) is 76.5 Å². The number of nitrogens with one attached hydrogen (secondary N) is 1. The molecule has 2 aromatic rings. The van der Waals surface area contributed by atoms with Crippen molar-refractivity contribution in [2.24, 2.45) is 0 Å². The summed E-state index contributed by atoms with van der Waals surface area (Å²) >= 11 is 0. The maximum Gasteiger partial charge on any atom is 0.407 e. The molecule has 2 aromatic carbocycles. The van der Waals surface area contributed by atoms with Crippen molar-refractivity contribution in [2.75, 3.05) is 30.5 Å². The van der Waals surface area contributed by atoms with Gasteiger partial charge in [-0.15, -0.1) is 0 Å². The number of carbonyl (C=O) groups excluding carboxylic acids is 2. The quantitative estimate of drug-likeness (QED) is 0.392. The van der Waals surface area contributed by atoms with Gasteiger partial charge < -0.3 is 20.1 Å². The van der Waals surface area contributed by atoms with Crippen LogP contribution in [0.5, 0.6) is 0 Å². The number of amides is 2. The SMILES string of the molecule is CCOC(=O)NCC1(O)CCN(C(=O)C[C@@H]2CCc3cc(C(C(F)(F)F)C(F)(F)F)ccc3N2S(=O)c2ccc(F)cc2)C1. The molecule has 2 aliphatic rings. The first-order valence-corrected chi connectivity index (χ1v) is 14.8. The molecule has 0 aromatic heterocycles. The zero-order chi connectivity index (χ0) is 32.4. The molecule has 8 nitrogen and oxygen atoms in total. The van der Waals surface area contributed by atoms with Crippen molar-refractivity contribution in [1.82, 2.24) is 10.2 Å². The lowest BCUT2D eigenvalue weighted by atomic mass is 9.90. The van der Waals surface area contributed by atoms with Gasteiger partial charge in [0, 0.05) is 13.0 Å². The zero-order valence-electron chi connectivity index (χ0n) is 23.4. The van der Waals surface area contributed by atoms with Gasteiger partial charge in [-0.2, -0.15) is 26.3 Å². The molecule has 2 unspecified atom stereocenters. The number of aryl methyl sites for hydroxylation is 1. The van der Waals surface area contributed by atoms with E-state index in [1.807, 2.05) is 0 Å². The normalized spacial score (nSPS) is 21.3. The largest absolute Gasteiger partial charge is 0.450 e. The Balaban J connectivity index is 1.60. The van der Waals surface area contributed by atoms with Crippen LogP contribution in [0.2, 0.25) is 0 Å². The van der Waals surface area contributed by atoms with Crippen molar-refractivity contribution in [3.8, 4) is 0 Å². The van der Waals surface area contributed by atoms with E-state index in [9.17, 15) is 49.6 Å². The van der Waals surface area contributed by atoms with Crippen LogP contribution in [0.4, 0.5) is 41.2 Å². The van der Waals surface area contributed by atoms with Gasteiger partial charge in [-0.25, -0.2) is 13.4 Å². The molecule has 4 rings (SSSR count). The van der Waals surface area contributed by atoms with E-state index in [0.29, 0.717) is 6.07 Å². The second-order valence-corrected chi connectivity index (χ2v) is 12.1. The lowest BCUT2D eigenvalue weighted by molar-refractivity contribution is -0.253. The van der Waals surface area contributed by atoms with E-state index in [0.717, 1.165) is 24.3 Å². The summed E-state index contributed by atoms with van der Waals surface area (Å²) in [5.41, 5.74) is -2.28.